The minimum Gasteiger partial charge on any atom is -0.306 e. The van der Waals surface area contributed by atoms with E-state index in [9.17, 15) is 4.39 Å². The van der Waals surface area contributed by atoms with Crippen molar-refractivity contribution in [3.05, 3.63) is 53.8 Å². The number of benzene rings is 1. The molecule has 1 aromatic heterocycles. The summed E-state index contributed by atoms with van der Waals surface area (Å²) < 4.78 is 16.5. The van der Waals surface area contributed by atoms with Crippen LogP contribution in [0.1, 0.15) is 29.8 Å². The summed E-state index contributed by atoms with van der Waals surface area (Å²) in [4.78, 5) is 0.997. The number of nitrogens with one attached hydrogen (secondary N) is 1. The van der Waals surface area contributed by atoms with Crippen LogP contribution in [-0.2, 0) is 0 Å². The number of hydrogen-bond donors (Lipinski definition) is 1. The van der Waals surface area contributed by atoms with Crippen LogP contribution in [0.25, 0.3) is 0 Å². The summed E-state index contributed by atoms with van der Waals surface area (Å²) >= 11 is 14.2. The topological polar surface area (TPSA) is 12.0 Å². The van der Waals surface area contributed by atoms with E-state index >= 15 is 0 Å². The van der Waals surface area contributed by atoms with Gasteiger partial charge in [0.2, 0.25) is 0 Å². The lowest BCUT2D eigenvalue weighted by molar-refractivity contribution is 0.550. The molecule has 108 valence electrons. The summed E-state index contributed by atoms with van der Waals surface area (Å²) in [5.41, 5.74) is 0.632. The number of hydrogen-bond acceptors (Lipinski definition) is 2. The molecule has 6 heteroatoms. The van der Waals surface area contributed by atoms with E-state index in [4.69, 9.17) is 11.6 Å². The molecule has 0 amide bonds. The Balaban J connectivity index is 2.41. The van der Waals surface area contributed by atoms with Crippen molar-refractivity contribution < 1.29 is 4.39 Å². The number of halogens is 4. The standard InChI is InChI=1S/C14H13Br2ClFNS/c1-2-5-19-13(12-7-10(16)14(17)20-12)9-4-3-8(15)6-11(9)18/h3-4,6-7,13,19H,2,5H2,1H3. The third kappa shape index (κ3) is 3.83. The van der Waals surface area contributed by atoms with Crippen LogP contribution in [0.5, 0.6) is 0 Å². The molecular formula is C14H13Br2ClFNS. The summed E-state index contributed by atoms with van der Waals surface area (Å²) in [6, 6.07) is 6.90. The number of thiophene rings is 1. The Morgan fingerprint density at radius 1 is 1.35 bits per heavy atom. The van der Waals surface area contributed by atoms with Gasteiger partial charge in [-0.25, -0.2) is 4.39 Å². The van der Waals surface area contributed by atoms with Gasteiger partial charge in [-0.2, -0.15) is 0 Å². The molecule has 2 rings (SSSR count). The molecule has 1 aromatic carbocycles. The van der Waals surface area contributed by atoms with Crippen LogP contribution in [0.15, 0.2) is 33.2 Å². The fourth-order valence-corrected chi connectivity index (χ4v) is 4.06. The average Bonchev–Trinajstić information content (AvgIpc) is 2.72. The molecule has 0 radical (unpaired) electrons. The first kappa shape index (κ1) is 16.4. The highest BCUT2D eigenvalue weighted by Crippen LogP contribution is 2.38. The van der Waals surface area contributed by atoms with Crippen molar-refractivity contribution in [1.82, 2.24) is 5.32 Å². The third-order valence-electron chi connectivity index (χ3n) is 2.82. The van der Waals surface area contributed by atoms with Gasteiger partial charge in [0.05, 0.1) is 6.04 Å². The molecule has 1 unspecified atom stereocenters. The molecule has 20 heavy (non-hydrogen) atoms. The van der Waals surface area contributed by atoms with Crippen molar-refractivity contribution in [3.63, 3.8) is 0 Å². The van der Waals surface area contributed by atoms with Crippen molar-refractivity contribution in [2.45, 2.75) is 19.4 Å². The molecule has 0 bridgehead atoms. The maximum absolute atomic E-state index is 14.2. The zero-order chi connectivity index (χ0) is 14.7. The van der Waals surface area contributed by atoms with Gasteiger partial charge in [-0.3, -0.25) is 0 Å². The summed E-state index contributed by atoms with van der Waals surface area (Å²) in [7, 11) is 0. The zero-order valence-electron chi connectivity index (χ0n) is 10.7. The molecule has 0 saturated heterocycles. The second kappa shape index (κ2) is 7.36. The lowest BCUT2D eigenvalue weighted by atomic mass is 10.0. The fraction of sp³-hybridized carbons (Fsp3) is 0.286. The first-order chi connectivity index (χ1) is 9.52. The minimum atomic E-state index is -0.228. The van der Waals surface area contributed by atoms with Crippen molar-refractivity contribution in [1.29, 1.82) is 0 Å². The van der Waals surface area contributed by atoms with Crippen LogP contribution in [0.3, 0.4) is 0 Å². The van der Waals surface area contributed by atoms with E-state index in [1.54, 1.807) is 6.07 Å². The molecule has 1 N–H and O–H groups in total. The predicted molar refractivity (Wildman–Crippen MR) is 91.3 cm³/mol. The molecule has 0 spiro atoms. The summed E-state index contributed by atoms with van der Waals surface area (Å²) in [6.45, 7) is 2.90. The van der Waals surface area contributed by atoms with Crippen LogP contribution in [0, 0.1) is 5.82 Å². The van der Waals surface area contributed by atoms with Crippen molar-refractivity contribution in [2.75, 3.05) is 6.54 Å². The molecule has 0 saturated carbocycles. The third-order valence-corrected chi connectivity index (χ3v) is 5.85. The first-order valence-corrected chi connectivity index (χ1v) is 8.94. The van der Waals surface area contributed by atoms with Crippen molar-refractivity contribution in [3.8, 4) is 0 Å². The Hall–Kier alpha value is 0.0600. The summed E-state index contributed by atoms with van der Waals surface area (Å²) in [5, 5.41) is 3.38. The Morgan fingerprint density at radius 2 is 2.10 bits per heavy atom. The number of rotatable bonds is 5. The Kier molecular flexibility index (Phi) is 6.05. The van der Waals surface area contributed by atoms with E-state index in [0.717, 1.165) is 26.8 Å². The lowest BCUT2D eigenvalue weighted by Gasteiger charge is -2.18. The second-order valence-electron chi connectivity index (χ2n) is 4.32. The van der Waals surface area contributed by atoms with Gasteiger partial charge in [0, 0.05) is 19.4 Å². The summed E-state index contributed by atoms with van der Waals surface area (Å²) in [6.07, 6.45) is 0.981. The molecular weight excluding hydrogens is 428 g/mol. The Bertz CT molecular complexity index is 583. The van der Waals surface area contributed by atoms with Gasteiger partial charge < -0.3 is 5.32 Å². The highest BCUT2D eigenvalue weighted by Gasteiger charge is 2.20. The normalized spacial score (nSPS) is 12.7. The van der Waals surface area contributed by atoms with Gasteiger partial charge in [0.25, 0.3) is 0 Å². The van der Waals surface area contributed by atoms with Crippen LogP contribution < -0.4 is 5.32 Å². The van der Waals surface area contributed by atoms with Gasteiger partial charge in [0.1, 0.15) is 10.2 Å². The molecule has 1 heterocycles. The average molecular weight is 442 g/mol. The molecule has 0 aliphatic heterocycles. The van der Waals surface area contributed by atoms with Gasteiger partial charge in [0.15, 0.2) is 0 Å². The van der Waals surface area contributed by atoms with Crippen molar-refractivity contribution >= 4 is 54.8 Å². The van der Waals surface area contributed by atoms with E-state index in [0.29, 0.717) is 9.90 Å². The van der Waals surface area contributed by atoms with Gasteiger partial charge in [-0.1, -0.05) is 40.5 Å². The lowest BCUT2D eigenvalue weighted by Crippen LogP contribution is -2.23. The molecule has 0 aliphatic rings. The molecule has 0 fully saturated rings. The van der Waals surface area contributed by atoms with E-state index < -0.39 is 0 Å². The van der Waals surface area contributed by atoms with Crippen LogP contribution in [0.4, 0.5) is 4.39 Å². The van der Waals surface area contributed by atoms with E-state index in [2.05, 4.69) is 44.1 Å². The highest BCUT2D eigenvalue weighted by atomic mass is 79.9. The SMILES string of the molecule is CCCNC(c1cc(Br)c(Cl)s1)c1ccc(Br)cc1F. The van der Waals surface area contributed by atoms with Crippen LogP contribution in [0.2, 0.25) is 4.34 Å². The molecule has 1 nitrogen and oxygen atoms in total. The Morgan fingerprint density at radius 3 is 2.65 bits per heavy atom. The van der Waals surface area contributed by atoms with E-state index in [-0.39, 0.29) is 11.9 Å². The summed E-state index contributed by atoms with van der Waals surface area (Å²) in [5.74, 6) is -0.228. The predicted octanol–water partition coefficient (Wildman–Crippen LogP) is 6.15. The fourth-order valence-electron chi connectivity index (χ4n) is 1.89. The first-order valence-electron chi connectivity index (χ1n) is 6.16. The minimum absolute atomic E-state index is 0.183. The Labute approximate surface area is 143 Å². The smallest absolute Gasteiger partial charge is 0.129 e. The zero-order valence-corrected chi connectivity index (χ0v) is 15.5. The monoisotopic (exact) mass is 439 g/mol. The van der Waals surface area contributed by atoms with Crippen molar-refractivity contribution in [2.24, 2.45) is 0 Å². The van der Waals surface area contributed by atoms with Gasteiger partial charge in [-0.15, -0.1) is 11.3 Å². The van der Waals surface area contributed by atoms with Crippen LogP contribution in [-0.4, -0.2) is 6.54 Å². The van der Waals surface area contributed by atoms with E-state index in [1.165, 1.54) is 17.4 Å². The van der Waals surface area contributed by atoms with Gasteiger partial charge in [-0.05, 0) is 47.1 Å². The molecule has 1 atom stereocenters. The van der Waals surface area contributed by atoms with E-state index in [1.807, 2.05) is 12.1 Å². The maximum atomic E-state index is 14.2. The molecule has 0 aliphatic carbocycles. The van der Waals surface area contributed by atoms with Crippen LogP contribution >= 0.6 is 54.8 Å². The van der Waals surface area contributed by atoms with Gasteiger partial charge >= 0.3 is 0 Å². The quantitative estimate of drug-likeness (QED) is 0.586. The maximum Gasteiger partial charge on any atom is 0.129 e. The second-order valence-corrected chi connectivity index (χ2v) is 7.78. The molecule has 2 aromatic rings. The largest absolute Gasteiger partial charge is 0.306 e. The highest BCUT2D eigenvalue weighted by molar-refractivity contribution is 9.10.